The van der Waals surface area contributed by atoms with Gasteiger partial charge >= 0.3 is 6.09 Å². The molecule has 1 unspecified atom stereocenters. The number of carbonyl (C=O) groups is 3. The lowest BCUT2D eigenvalue weighted by Crippen LogP contribution is -2.58. The third-order valence-corrected chi connectivity index (χ3v) is 10.9. The summed E-state index contributed by atoms with van der Waals surface area (Å²) in [5, 5.41) is 13.0. The van der Waals surface area contributed by atoms with Crippen molar-refractivity contribution in [1.29, 1.82) is 0 Å². The molecule has 9 nitrogen and oxygen atoms in total. The minimum Gasteiger partial charge on any atom is -0.444 e. The highest BCUT2D eigenvalue weighted by Gasteiger charge is 2.40. The molecule has 0 spiro atoms. The molecule has 246 valence electrons. The van der Waals surface area contributed by atoms with Crippen molar-refractivity contribution >= 4 is 41.4 Å². The number of hydrogen-bond donors (Lipinski definition) is 2. The van der Waals surface area contributed by atoms with E-state index in [2.05, 4.69) is 34.5 Å². The summed E-state index contributed by atoms with van der Waals surface area (Å²) in [6, 6.07) is 9.00. The highest BCUT2D eigenvalue weighted by molar-refractivity contribution is 7.99. The molecule has 2 atom stereocenters. The molecule has 3 aliphatic rings. The molecule has 1 aromatic rings. The Labute approximate surface area is 272 Å². The molecule has 3 amide bonds. The molecule has 0 radical (unpaired) electrons. The van der Waals surface area contributed by atoms with E-state index >= 15 is 0 Å². The summed E-state index contributed by atoms with van der Waals surface area (Å²) in [5.74, 6) is 2.47. The van der Waals surface area contributed by atoms with E-state index in [4.69, 9.17) is 4.74 Å². The van der Waals surface area contributed by atoms with Crippen LogP contribution in [0, 0.1) is 5.92 Å². The molecule has 0 aromatic heterocycles. The first-order chi connectivity index (χ1) is 21.1. The number of rotatable bonds is 12. The monoisotopic (exact) mass is 648 g/mol. The van der Waals surface area contributed by atoms with Gasteiger partial charge < -0.3 is 20.1 Å². The van der Waals surface area contributed by atoms with Crippen molar-refractivity contribution in [3.63, 3.8) is 0 Å². The number of piperidine rings is 1. The molecule has 2 heterocycles. The third-order valence-electron chi connectivity index (χ3n) is 8.66. The van der Waals surface area contributed by atoms with Crippen molar-refractivity contribution < 1.29 is 24.2 Å². The summed E-state index contributed by atoms with van der Waals surface area (Å²) in [5.41, 5.74) is 0.610. The van der Waals surface area contributed by atoms with Crippen LogP contribution in [-0.2, 0) is 20.9 Å². The van der Waals surface area contributed by atoms with Crippen LogP contribution in [0.5, 0.6) is 0 Å². The topological polar surface area (TPSA) is 102 Å². The average molecular weight is 649 g/mol. The molecule has 2 aliphatic heterocycles. The van der Waals surface area contributed by atoms with Crippen molar-refractivity contribution in [1.82, 2.24) is 20.0 Å². The van der Waals surface area contributed by atoms with E-state index in [1.165, 1.54) is 54.3 Å². The minimum atomic E-state index is -0.726. The Balaban J connectivity index is 1.42. The van der Waals surface area contributed by atoms with Crippen molar-refractivity contribution in [2.24, 2.45) is 5.92 Å². The Morgan fingerprint density at radius 1 is 1.09 bits per heavy atom. The van der Waals surface area contributed by atoms with Crippen molar-refractivity contribution in [3.05, 3.63) is 35.9 Å². The summed E-state index contributed by atoms with van der Waals surface area (Å²) in [4.78, 5) is 46.4. The van der Waals surface area contributed by atoms with Gasteiger partial charge in [-0.2, -0.15) is 11.8 Å². The van der Waals surface area contributed by atoms with Crippen LogP contribution < -0.4 is 5.32 Å². The van der Waals surface area contributed by atoms with E-state index in [0.717, 1.165) is 38.2 Å². The Morgan fingerprint density at radius 2 is 1.80 bits per heavy atom. The molecular weight excluding hydrogens is 597 g/mol. The fourth-order valence-electron chi connectivity index (χ4n) is 6.32. The number of aliphatic hydroxyl groups is 1. The van der Waals surface area contributed by atoms with E-state index in [0.29, 0.717) is 23.3 Å². The summed E-state index contributed by atoms with van der Waals surface area (Å²) in [7, 11) is 0. The second kappa shape index (κ2) is 17.1. The number of amides is 3. The van der Waals surface area contributed by atoms with Gasteiger partial charge in [-0.3, -0.25) is 19.4 Å². The van der Waals surface area contributed by atoms with Crippen molar-refractivity contribution in [2.45, 2.75) is 96.0 Å². The summed E-state index contributed by atoms with van der Waals surface area (Å²) >= 11 is 3.24. The van der Waals surface area contributed by atoms with Gasteiger partial charge in [0.2, 0.25) is 11.8 Å². The average Bonchev–Trinajstić information content (AvgIpc) is 3.51. The molecule has 1 aromatic carbocycles. The lowest BCUT2D eigenvalue weighted by atomic mass is 9.91. The van der Waals surface area contributed by atoms with Crippen LogP contribution in [0.3, 0.4) is 0 Å². The number of nitrogens with zero attached hydrogens (tertiary/aromatic N) is 3. The second-order valence-electron chi connectivity index (χ2n) is 13.3. The number of aliphatic hydroxyl groups excluding tert-OH is 1. The van der Waals surface area contributed by atoms with Gasteiger partial charge in [0.15, 0.2) is 0 Å². The molecule has 2 saturated heterocycles. The van der Waals surface area contributed by atoms with Gasteiger partial charge in [-0.25, -0.2) is 4.79 Å². The highest BCUT2D eigenvalue weighted by atomic mass is 32.2. The van der Waals surface area contributed by atoms with Gasteiger partial charge in [0, 0.05) is 43.7 Å². The molecule has 0 bridgehead atoms. The van der Waals surface area contributed by atoms with Gasteiger partial charge in [0.25, 0.3) is 0 Å². The van der Waals surface area contributed by atoms with Gasteiger partial charge in [-0.15, -0.1) is 11.8 Å². The number of likely N-dealkylation sites (tertiary alicyclic amines) is 1. The van der Waals surface area contributed by atoms with Gasteiger partial charge in [-0.1, -0.05) is 49.6 Å². The van der Waals surface area contributed by atoms with Gasteiger partial charge in [0.05, 0.1) is 12.5 Å². The van der Waals surface area contributed by atoms with Gasteiger partial charge in [-0.05, 0) is 63.7 Å². The Morgan fingerprint density at radius 3 is 2.45 bits per heavy atom. The molecule has 1 aliphatic carbocycles. The molecule has 11 heteroatoms. The van der Waals surface area contributed by atoms with Crippen molar-refractivity contribution in [3.8, 4) is 0 Å². The molecule has 4 rings (SSSR count). The van der Waals surface area contributed by atoms with Crippen LogP contribution in [0.2, 0.25) is 0 Å². The first-order valence-corrected chi connectivity index (χ1v) is 18.6. The van der Waals surface area contributed by atoms with Crippen LogP contribution in [0.25, 0.3) is 0 Å². The zero-order chi connectivity index (χ0) is 31.5. The quantitative estimate of drug-likeness (QED) is 0.340. The number of hydrogen-bond acceptors (Lipinski definition) is 8. The standard InChI is InChI=1S/C33H52N4O5S2/c1-33(2,3)42-32(41)37-24-44-23-29(37)30(39)34-28(22-43-21-26-12-8-5-9-13-26)31(40)36(18-19-38)27-14-16-35(17-15-27)20-25-10-6-4-7-11-25/h4,6-7,10-11,26-29,38H,5,8-9,12-24H2,1-3H3,(H,34,39)/t28?,29-/m0/s1. The predicted molar refractivity (Wildman–Crippen MR) is 179 cm³/mol. The first-order valence-electron chi connectivity index (χ1n) is 16.3. The lowest BCUT2D eigenvalue weighted by Gasteiger charge is -2.40. The fraction of sp³-hybridized carbons (Fsp3) is 0.727. The van der Waals surface area contributed by atoms with Crippen molar-refractivity contribution in [2.75, 3.05) is 49.4 Å². The van der Waals surface area contributed by atoms with E-state index in [1.54, 1.807) is 16.7 Å². The SMILES string of the molecule is CC(C)(C)OC(=O)N1CSC[C@H]1C(=O)NC(CSCC1CCCCC1)C(=O)N(CCO)C1CCN(Cc2ccccc2)CC1. The number of benzene rings is 1. The zero-order valence-corrected chi connectivity index (χ0v) is 28.4. The zero-order valence-electron chi connectivity index (χ0n) is 26.7. The minimum absolute atomic E-state index is 0.00437. The van der Waals surface area contributed by atoms with E-state index in [1.807, 2.05) is 26.8 Å². The summed E-state index contributed by atoms with van der Waals surface area (Å²) in [6.45, 7) is 8.16. The maximum atomic E-state index is 14.2. The predicted octanol–water partition coefficient (Wildman–Crippen LogP) is 4.58. The molecule has 44 heavy (non-hydrogen) atoms. The first kappa shape index (κ1) is 34.9. The number of thioether (sulfide) groups is 2. The van der Waals surface area contributed by atoms with Crippen LogP contribution in [-0.4, -0.2) is 111 Å². The van der Waals surface area contributed by atoms with Crippen LogP contribution in [0.15, 0.2) is 30.3 Å². The molecule has 3 fully saturated rings. The van der Waals surface area contributed by atoms with E-state index in [9.17, 15) is 19.5 Å². The Hall–Kier alpha value is -1.95. The molecule has 1 saturated carbocycles. The van der Waals surface area contributed by atoms with Crippen LogP contribution in [0.4, 0.5) is 4.79 Å². The maximum absolute atomic E-state index is 14.2. The van der Waals surface area contributed by atoms with Crippen LogP contribution in [0.1, 0.15) is 71.3 Å². The Kier molecular flexibility index (Phi) is 13.6. The number of nitrogens with one attached hydrogen (secondary N) is 1. The summed E-state index contributed by atoms with van der Waals surface area (Å²) < 4.78 is 5.56. The van der Waals surface area contributed by atoms with E-state index < -0.39 is 23.8 Å². The largest absolute Gasteiger partial charge is 0.444 e. The van der Waals surface area contributed by atoms with Crippen LogP contribution >= 0.6 is 23.5 Å². The summed E-state index contributed by atoms with van der Waals surface area (Å²) in [6.07, 6.45) is 7.39. The molecule has 2 N–H and O–H groups in total. The van der Waals surface area contributed by atoms with E-state index in [-0.39, 0.29) is 31.0 Å². The second-order valence-corrected chi connectivity index (χ2v) is 15.4. The lowest BCUT2D eigenvalue weighted by molar-refractivity contribution is -0.140. The molecular formula is C33H52N4O5S2. The maximum Gasteiger partial charge on any atom is 0.411 e. The highest BCUT2D eigenvalue weighted by Crippen LogP contribution is 2.28. The normalized spacial score (nSPS) is 21.2. The number of ether oxygens (including phenoxy) is 1. The van der Waals surface area contributed by atoms with Gasteiger partial charge in [0.1, 0.15) is 17.7 Å². The number of carbonyl (C=O) groups excluding carboxylic acids is 3. The third kappa shape index (κ3) is 10.6. The smallest absolute Gasteiger partial charge is 0.411 e. The fourth-order valence-corrected chi connectivity index (χ4v) is 8.73. The Bertz CT molecular complexity index is 1060.